The van der Waals surface area contributed by atoms with Gasteiger partial charge in [0.1, 0.15) is 0 Å². The van der Waals surface area contributed by atoms with E-state index >= 15 is 0 Å². The summed E-state index contributed by atoms with van der Waals surface area (Å²) < 4.78 is 39.1. The molecule has 1 fully saturated rings. The van der Waals surface area contributed by atoms with Gasteiger partial charge in [-0.1, -0.05) is 18.6 Å². The number of likely N-dealkylation sites (tertiary alicyclic amines) is 1. The monoisotopic (exact) mass is 300 g/mol. The van der Waals surface area contributed by atoms with Crippen molar-refractivity contribution in [1.82, 2.24) is 4.90 Å². The van der Waals surface area contributed by atoms with Gasteiger partial charge in [-0.3, -0.25) is 0 Å². The van der Waals surface area contributed by atoms with Gasteiger partial charge in [0.25, 0.3) is 0 Å². The Morgan fingerprint density at radius 1 is 1.24 bits per heavy atom. The summed E-state index contributed by atoms with van der Waals surface area (Å²) in [5.74, 6) is 0. The van der Waals surface area contributed by atoms with Gasteiger partial charge in [-0.15, -0.1) is 0 Å². The zero-order valence-corrected chi connectivity index (χ0v) is 12.7. The SMILES string of the molecule is CN(CCC1CCCCN1C)c1ccccc1C(F)(F)F. The molecule has 1 heterocycles. The van der Waals surface area contributed by atoms with E-state index < -0.39 is 11.7 Å². The van der Waals surface area contributed by atoms with Crippen LogP contribution in [0.15, 0.2) is 24.3 Å². The standard InChI is InChI=1S/C16H23F3N2/c1-20-11-6-5-7-13(20)10-12-21(2)15-9-4-3-8-14(15)16(17,18)19/h3-4,8-9,13H,5-7,10-12H2,1-2H3. The number of para-hydroxylation sites is 1. The zero-order valence-electron chi connectivity index (χ0n) is 12.7. The number of benzene rings is 1. The largest absolute Gasteiger partial charge is 0.418 e. The van der Waals surface area contributed by atoms with Crippen molar-refractivity contribution in [1.29, 1.82) is 0 Å². The van der Waals surface area contributed by atoms with E-state index in [0.717, 1.165) is 25.5 Å². The molecule has 0 bridgehead atoms. The maximum absolute atomic E-state index is 13.0. The molecule has 0 aromatic heterocycles. The fraction of sp³-hybridized carbons (Fsp3) is 0.625. The van der Waals surface area contributed by atoms with Crippen LogP contribution in [0.1, 0.15) is 31.2 Å². The van der Waals surface area contributed by atoms with Crippen molar-refractivity contribution in [2.45, 2.75) is 37.9 Å². The Morgan fingerprint density at radius 3 is 2.62 bits per heavy atom. The predicted octanol–water partition coefficient (Wildman–Crippen LogP) is 4.02. The molecule has 1 atom stereocenters. The second kappa shape index (κ2) is 6.69. The van der Waals surface area contributed by atoms with Crippen LogP contribution in [0.25, 0.3) is 0 Å². The summed E-state index contributed by atoms with van der Waals surface area (Å²) >= 11 is 0. The molecule has 0 saturated carbocycles. The molecule has 1 unspecified atom stereocenters. The minimum absolute atomic E-state index is 0.267. The fourth-order valence-corrected chi connectivity index (χ4v) is 3.02. The summed E-state index contributed by atoms with van der Waals surface area (Å²) in [7, 11) is 3.85. The van der Waals surface area contributed by atoms with Gasteiger partial charge >= 0.3 is 6.18 Å². The van der Waals surface area contributed by atoms with Crippen molar-refractivity contribution in [3.63, 3.8) is 0 Å². The summed E-state index contributed by atoms with van der Waals surface area (Å²) in [6, 6.07) is 6.29. The first-order chi connectivity index (χ1) is 9.89. The van der Waals surface area contributed by atoms with Crippen LogP contribution in [0.3, 0.4) is 0 Å². The quantitative estimate of drug-likeness (QED) is 0.829. The van der Waals surface area contributed by atoms with Crippen molar-refractivity contribution >= 4 is 5.69 Å². The normalized spacial score (nSPS) is 20.5. The van der Waals surface area contributed by atoms with Crippen molar-refractivity contribution < 1.29 is 13.2 Å². The molecule has 5 heteroatoms. The summed E-state index contributed by atoms with van der Waals surface area (Å²) in [4.78, 5) is 4.05. The van der Waals surface area contributed by atoms with Crippen LogP contribution in [0, 0.1) is 0 Å². The molecule has 0 radical (unpaired) electrons. The van der Waals surface area contributed by atoms with E-state index in [2.05, 4.69) is 11.9 Å². The third-order valence-electron chi connectivity index (χ3n) is 4.34. The number of rotatable bonds is 4. The third-order valence-corrected chi connectivity index (χ3v) is 4.34. The molecule has 1 aromatic carbocycles. The molecule has 0 spiro atoms. The molecule has 1 aliphatic heterocycles. The van der Waals surface area contributed by atoms with E-state index in [1.54, 1.807) is 24.1 Å². The molecule has 2 rings (SSSR count). The number of halogens is 3. The molecule has 1 aromatic rings. The topological polar surface area (TPSA) is 6.48 Å². The number of anilines is 1. The average Bonchev–Trinajstić information content (AvgIpc) is 2.45. The Morgan fingerprint density at radius 2 is 1.95 bits per heavy atom. The maximum atomic E-state index is 13.0. The number of alkyl halides is 3. The second-order valence-electron chi connectivity index (χ2n) is 5.86. The molecular weight excluding hydrogens is 277 g/mol. The molecule has 0 N–H and O–H groups in total. The van der Waals surface area contributed by atoms with Crippen molar-refractivity contribution in [2.24, 2.45) is 0 Å². The zero-order chi connectivity index (χ0) is 15.5. The molecule has 2 nitrogen and oxygen atoms in total. The van der Waals surface area contributed by atoms with Crippen molar-refractivity contribution in [3.05, 3.63) is 29.8 Å². The lowest BCUT2D eigenvalue weighted by Crippen LogP contribution is -2.38. The number of hydrogen-bond donors (Lipinski definition) is 0. The molecule has 0 aliphatic carbocycles. The van der Waals surface area contributed by atoms with Crippen LogP contribution in [0.2, 0.25) is 0 Å². The Labute approximate surface area is 124 Å². The highest BCUT2D eigenvalue weighted by molar-refractivity contribution is 5.54. The van der Waals surface area contributed by atoms with Crippen molar-refractivity contribution in [3.8, 4) is 0 Å². The third kappa shape index (κ3) is 4.13. The minimum atomic E-state index is -4.30. The van der Waals surface area contributed by atoms with Gasteiger partial charge in [-0.25, -0.2) is 0 Å². The highest BCUT2D eigenvalue weighted by Crippen LogP contribution is 2.36. The first kappa shape index (κ1) is 16.1. The summed E-state index contributed by atoms with van der Waals surface area (Å²) in [6.07, 6.45) is 0.189. The predicted molar refractivity (Wildman–Crippen MR) is 79.6 cm³/mol. The van der Waals surface area contributed by atoms with Gasteiger partial charge in [0.2, 0.25) is 0 Å². The summed E-state index contributed by atoms with van der Waals surface area (Å²) in [5, 5.41) is 0. The van der Waals surface area contributed by atoms with E-state index in [9.17, 15) is 13.2 Å². The van der Waals surface area contributed by atoms with Gasteiger partial charge in [-0.05, 0) is 45.0 Å². The molecule has 118 valence electrons. The Balaban J connectivity index is 2.02. The van der Waals surface area contributed by atoms with E-state index in [-0.39, 0.29) is 5.69 Å². The molecular formula is C16H23F3N2. The maximum Gasteiger partial charge on any atom is 0.418 e. The van der Waals surface area contributed by atoms with Gasteiger partial charge in [-0.2, -0.15) is 13.2 Å². The molecule has 0 amide bonds. The molecule has 21 heavy (non-hydrogen) atoms. The Hall–Kier alpha value is -1.23. The van der Waals surface area contributed by atoms with E-state index in [1.807, 2.05) is 0 Å². The minimum Gasteiger partial charge on any atom is -0.374 e. The van der Waals surface area contributed by atoms with E-state index in [0.29, 0.717) is 12.6 Å². The number of nitrogens with zero attached hydrogens (tertiary/aromatic N) is 2. The van der Waals surface area contributed by atoms with Crippen LogP contribution < -0.4 is 4.90 Å². The first-order valence-electron chi connectivity index (χ1n) is 7.47. The summed E-state index contributed by atoms with van der Waals surface area (Å²) in [5.41, 5.74) is -0.284. The lowest BCUT2D eigenvalue weighted by atomic mass is 10.00. The van der Waals surface area contributed by atoms with Crippen LogP contribution in [-0.2, 0) is 6.18 Å². The van der Waals surface area contributed by atoms with Gasteiger partial charge < -0.3 is 9.80 Å². The lowest BCUT2D eigenvalue weighted by molar-refractivity contribution is -0.137. The van der Waals surface area contributed by atoms with Crippen LogP contribution >= 0.6 is 0 Å². The second-order valence-corrected chi connectivity index (χ2v) is 5.86. The van der Waals surface area contributed by atoms with Crippen LogP contribution in [0.4, 0.5) is 18.9 Å². The highest BCUT2D eigenvalue weighted by Gasteiger charge is 2.34. The molecule has 1 aliphatic rings. The smallest absolute Gasteiger partial charge is 0.374 e. The van der Waals surface area contributed by atoms with E-state index in [4.69, 9.17) is 0 Å². The number of piperidine rings is 1. The van der Waals surface area contributed by atoms with Crippen molar-refractivity contribution in [2.75, 3.05) is 32.1 Å². The van der Waals surface area contributed by atoms with Gasteiger partial charge in [0, 0.05) is 25.3 Å². The van der Waals surface area contributed by atoms with E-state index in [1.165, 1.54) is 18.9 Å². The Bertz CT molecular complexity index is 459. The highest BCUT2D eigenvalue weighted by atomic mass is 19.4. The Kier molecular flexibility index (Phi) is 5.14. The van der Waals surface area contributed by atoms with Gasteiger partial charge in [0.05, 0.1) is 5.56 Å². The average molecular weight is 300 g/mol. The summed E-state index contributed by atoms with van der Waals surface area (Å²) in [6.45, 7) is 1.73. The van der Waals surface area contributed by atoms with Crippen LogP contribution in [0.5, 0.6) is 0 Å². The lowest BCUT2D eigenvalue weighted by Gasteiger charge is -2.34. The first-order valence-corrected chi connectivity index (χ1v) is 7.47. The van der Waals surface area contributed by atoms with Gasteiger partial charge in [0.15, 0.2) is 0 Å². The molecule has 1 saturated heterocycles. The van der Waals surface area contributed by atoms with Crippen LogP contribution in [-0.4, -0.2) is 38.1 Å². The number of hydrogen-bond acceptors (Lipinski definition) is 2. The fourth-order valence-electron chi connectivity index (χ4n) is 3.02.